The van der Waals surface area contributed by atoms with Crippen LogP contribution in [0.4, 0.5) is 30.7 Å². The van der Waals surface area contributed by atoms with Gasteiger partial charge in [0, 0.05) is 6.42 Å². The van der Waals surface area contributed by atoms with E-state index in [-0.39, 0.29) is 6.42 Å². The van der Waals surface area contributed by atoms with Crippen LogP contribution in [0.3, 0.4) is 0 Å². The summed E-state index contributed by atoms with van der Waals surface area (Å²) in [6.45, 7) is 1.82. The Morgan fingerprint density at radius 1 is 0.900 bits per heavy atom. The van der Waals surface area contributed by atoms with Gasteiger partial charge in [-0.2, -0.15) is 13.2 Å². The van der Waals surface area contributed by atoms with Crippen molar-refractivity contribution in [2.75, 3.05) is 0 Å². The number of hydrogen-bond acceptors (Lipinski definition) is 0. The average molecular weight is 298 g/mol. The summed E-state index contributed by atoms with van der Waals surface area (Å²) in [5.41, 5.74) is -3.92. The van der Waals surface area contributed by atoms with Gasteiger partial charge in [-0.15, -0.1) is 0 Å². The number of benzene rings is 1. The Labute approximate surface area is 110 Å². The van der Waals surface area contributed by atoms with E-state index in [1.165, 1.54) is 0 Å². The fourth-order valence-electron chi connectivity index (χ4n) is 1.41. The number of halogens is 7. The molecule has 0 aliphatic rings. The Bertz CT molecular complexity index is 532. The summed E-state index contributed by atoms with van der Waals surface area (Å²) < 4.78 is 90.0. The van der Waals surface area contributed by atoms with E-state index in [4.69, 9.17) is 0 Å². The first kappa shape index (κ1) is 16.3. The smallest absolute Gasteiger partial charge is 0.203 e. The average Bonchev–Trinajstić information content (AvgIpc) is 2.34. The molecule has 0 saturated heterocycles. The van der Waals surface area contributed by atoms with Gasteiger partial charge in [0.2, 0.25) is 0 Å². The Kier molecular flexibility index (Phi) is 5.03. The van der Waals surface area contributed by atoms with E-state index in [0.29, 0.717) is 6.42 Å². The van der Waals surface area contributed by atoms with Crippen molar-refractivity contribution >= 4 is 0 Å². The van der Waals surface area contributed by atoms with Crippen LogP contribution in [0.1, 0.15) is 37.3 Å². The van der Waals surface area contributed by atoms with Crippen LogP contribution < -0.4 is 0 Å². The topological polar surface area (TPSA) is 0 Å². The van der Waals surface area contributed by atoms with Gasteiger partial charge in [0.05, 0.1) is 0 Å². The van der Waals surface area contributed by atoms with E-state index >= 15 is 0 Å². The molecule has 0 atom stereocenters. The summed E-state index contributed by atoms with van der Waals surface area (Å²) in [4.78, 5) is 0. The fraction of sp³-hybridized carbons (Fsp3) is 0.385. The molecule has 20 heavy (non-hydrogen) atoms. The van der Waals surface area contributed by atoms with Crippen molar-refractivity contribution in [2.45, 2.75) is 32.4 Å². The predicted octanol–water partition coefficient (Wildman–Crippen LogP) is 4.80. The van der Waals surface area contributed by atoms with Crippen LogP contribution in [-0.2, 0) is 6.18 Å². The zero-order valence-electron chi connectivity index (χ0n) is 10.3. The third-order valence-electron chi connectivity index (χ3n) is 2.42. The molecule has 0 fully saturated rings. The summed E-state index contributed by atoms with van der Waals surface area (Å²) in [5.74, 6) is -5.18. The molecule has 0 heterocycles. The fourth-order valence-corrected chi connectivity index (χ4v) is 1.41. The van der Waals surface area contributed by atoms with Crippen molar-refractivity contribution in [1.29, 1.82) is 0 Å². The van der Waals surface area contributed by atoms with E-state index in [9.17, 15) is 30.7 Å². The third-order valence-corrected chi connectivity index (χ3v) is 2.42. The largest absolute Gasteiger partial charge is 0.422 e. The van der Waals surface area contributed by atoms with Crippen molar-refractivity contribution in [3.8, 4) is 11.8 Å². The van der Waals surface area contributed by atoms with Crippen molar-refractivity contribution in [3.63, 3.8) is 0 Å². The van der Waals surface area contributed by atoms with Gasteiger partial charge in [-0.3, -0.25) is 0 Å². The van der Waals surface area contributed by atoms with Crippen LogP contribution in [0, 0.1) is 35.1 Å². The van der Waals surface area contributed by atoms with Gasteiger partial charge in [-0.05, 0) is 6.42 Å². The lowest BCUT2D eigenvalue weighted by atomic mass is 10.1. The summed E-state index contributed by atoms with van der Waals surface area (Å²) in [5, 5.41) is 0. The van der Waals surface area contributed by atoms with E-state index < -0.39 is 40.6 Å². The van der Waals surface area contributed by atoms with Crippen LogP contribution in [0.25, 0.3) is 0 Å². The molecular weight excluding hydrogens is 289 g/mol. The Morgan fingerprint density at radius 2 is 1.40 bits per heavy atom. The highest BCUT2D eigenvalue weighted by Gasteiger charge is 2.42. The first-order valence-electron chi connectivity index (χ1n) is 5.63. The second kappa shape index (κ2) is 6.16. The lowest BCUT2D eigenvalue weighted by molar-refractivity contribution is -0.143. The number of alkyl halides is 3. The lowest BCUT2D eigenvalue weighted by Crippen LogP contribution is -2.16. The van der Waals surface area contributed by atoms with Gasteiger partial charge < -0.3 is 0 Å². The van der Waals surface area contributed by atoms with Crippen LogP contribution >= 0.6 is 0 Å². The van der Waals surface area contributed by atoms with E-state index in [2.05, 4.69) is 5.92 Å². The number of unbranched alkanes of at least 4 members (excludes halogenated alkanes) is 2. The highest BCUT2D eigenvalue weighted by Crippen LogP contribution is 2.36. The lowest BCUT2D eigenvalue weighted by Gasteiger charge is -2.11. The van der Waals surface area contributed by atoms with Gasteiger partial charge >= 0.3 is 6.18 Å². The van der Waals surface area contributed by atoms with Gasteiger partial charge in [0.25, 0.3) is 0 Å². The molecule has 0 saturated carbocycles. The highest BCUT2D eigenvalue weighted by atomic mass is 19.4. The molecule has 0 nitrogen and oxygen atoms in total. The molecule has 0 radical (unpaired) electrons. The summed E-state index contributed by atoms with van der Waals surface area (Å²) in [7, 11) is 0. The predicted molar refractivity (Wildman–Crippen MR) is 57.7 cm³/mol. The molecule has 1 rings (SSSR count). The zero-order chi connectivity index (χ0) is 15.5. The zero-order valence-corrected chi connectivity index (χ0v) is 10.3. The maximum absolute atomic E-state index is 13.4. The monoisotopic (exact) mass is 298 g/mol. The molecule has 110 valence electrons. The first-order valence-corrected chi connectivity index (χ1v) is 5.63. The minimum Gasteiger partial charge on any atom is -0.203 e. The molecule has 1 aromatic rings. The van der Waals surface area contributed by atoms with Crippen LogP contribution in [0.15, 0.2) is 0 Å². The van der Waals surface area contributed by atoms with Crippen LogP contribution in [0.5, 0.6) is 0 Å². The maximum Gasteiger partial charge on any atom is 0.422 e. The van der Waals surface area contributed by atoms with Gasteiger partial charge in [0.1, 0.15) is 11.1 Å². The Balaban J connectivity index is 3.40. The van der Waals surface area contributed by atoms with Gasteiger partial charge in [0.15, 0.2) is 23.3 Å². The summed E-state index contributed by atoms with van der Waals surface area (Å²) >= 11 is 0. The minimum absolute atomic E-state index is 0.208. The van der Waals surface area contributed by atoms with E-state index in [1.807, 2.05) is 12.8 Å². The van der Waals surface area contributed by atoms with Crippen molar-refractivity contribution in [1.82, 2.24) is 0 Å². The first-order chi connectivity index (χ1) is 9.21. The summed E-state index contributed by atoms with van der Waals surface area (Å²) in [6.07, 6.45) is -4.01. The standard InChI is InChI=1S/C13H9F7/c1-2-3-4-5-6-7-9(14)11(16)8(13(18,19)20)12(17)10(7)15/h2-4H2,1H3. The van der Waals surface area contributed by atoms with Crippen LogP contribution in [-0.4, -0.2) is 0 Å². The minimum atomic E-state index is -5.54. The molecule has 0 bridgehead atoms. The molecule has 0 aliphatic heterocycles. The normalized spacial score (nSPS) is 11.2. The quantitative estimate of drug-likeness (QED) is 0.318. The number of rotatable bonds is 2. The molecule has 0 amide bonds. The molecule has 0 aliphatic carbocycles. The highest BCUT2D eigenvalue weighted by molar-refractivity contribution is 5.41. The molecule has 0 unspecified atom stereocenters. The van der Waals surface area contributed by atoms with Gasteiger partial charge in [-0.1, -0.05) is 25.2 Å². The molecular formula is C13H9F7. The van der Waals surface area contributed by atoms with E-state index in [0.717, 1.165) is 6.42 Å². The van der Waals surface area contributed by atoms with Crippen molar-refractivity contribution < 1.29 is 30.7 Å². The molecule has 0 N–H and O–H groups in total. The Morgan fingerprint density at radius 3 is 1.80 bits per heavy atom. The Hall–Kier alpha value is -1.71. The second-order valence-electron chi connectivity index (χ2n) is 3.91. The molecule has 1 aromatic carbocycles. The molecule has 0 spiro atoms. The van der Waals surface area contributed by atoms with Crippen molar-refractivity contribution in [2.24, 2.45) is 0 Å². The van der Waals surface area contributed by atoms with E-state index in [1.54, 1.807) is 0 Å². The SMILES string of the molecule is CCCCC#Cc1c(F)c(F)c(C(F)(F)F)c(F)c1F. The summed E-state index contributed by atoms with van der Waals surface area (Å²) in [6, 6.07) is 0. The molecule has 7 heteroatoms. The second-order valence-corrected chi connectivity index (χ2v) is 3.91. The molecule has 0 aromatic heterocycles. The van der Waals surface area contributed by atoms with Crippen LogP contribution in [0.2, 0.25) is 0 Å². The van der Waals surface area contributed by atoms with Crippen molar-refractivity contribution in [3.05, 3.63) is 34.4 Å². The van der Waals surface area contributed by atoms with Gasteiger partial charge in [-0.25, -0.2) is 17.6 Å². The third kappa shape index (κ3) is 3.24. The number of hydrogen-bond donors (Lipinski definition) is 0. The maximum atomic E-state index is 13.4.